The summed E-state index contributed by atoms with van der Waals surface area (Å²) in [6.45, 7) is 3.38. The van der Waals surface area contributed by atoms with Crippen LogP contribution in [-0.4, -0.2) is 28.5 Å². The molecule has 1 aliphatic heterocycles. The van der Waals surface area contributed by atoms with Crippen LogP contribution >= 0.6 is 0 Å². The van der Waals surface area contributed by atoms with E-state index in [-0.39, 0.29) is 5.43 Å². The Hall–Kier alpha value is -2.01. The number of hydrogen-bond donors (Lipinski definition) is 1. The normalized spacial score (nSPS) is 17.7. The molecule has 21 heavy (non-hydrogen) atoms. The fourth-order valence-electron chi connectivity index (χ4n) is 2.87. The molecule has 2 aromatic rings. The minimum absolute atomic E-state index is 0.0521. The number of hydrogen-bond acceptors (Lipinski definition) is 4. The predicted octanol–water partition coefficient (Wildman–Crippen LogP) is 1.62. The highest BCUT2D eigenvalue weighted by molar-refractivity contribution is 5.86. The maximum absolute atomic E-state index is 12.7. The number of aryl methyl sites for hydroxylation is 1. The maximum Gasteiger partial charge on any atom is 0.201 e. The van der Waals surface area contributed by atoms with Gasteiger partial charge in [-0.1, -0.05) is 6.07 Å². The van der Waals surface area contributed by atoms with Gasteiger partial charge in [0.15, 0.2) is 5.43 Å². The van der Waals surface area contributed by atoms with E-state index >= 15 is 0 Å². The van der Waals surface area contributed by atoms with Crippen molar-refractivity contribution < 1.29 is 14.6 Å². The number of pyridine rings is 1. The molecule has 3 rings (SSSR count). The second-order valence-electron chi connectivity index (χ2n) is 5.99. The quantitative estimate of drug-likeness (QED) is 0.912. The number of rotatable bonds is 2. The van der Waals surface area contributed by atoms with E-state index in [1.165, 1.54) is 0 Å². The van der Waals surface area contributed by atoms with Crippen molar-refractivity contribution in [2.24, 2.45) is 7.05 Å². The molecule has 0 saturated heterocycles. The Morgan fingerprint density at radius 2 is 2.14 bits per heavy atom. The molecule has 0 spiro atoms. The first-order valence-corrected chi connectivity index (χ1v) is 6.92. The molecule has 1 N–H and O–H groups in total. The summed E-state index contributed by atoms with van der Waals surface area (Å²) < 4.78 is 13.0. The van der Waals surface area contributed by atoms with Crippen molar-refractivity contribution in [1.29, 1.82) is 0 Å². The van der Waals surface area contributed by atoms with Gasteiger partial charge in [0.1, 0.15) is 11.9 Å². The molecule has 5 nitrogen and oxygen atoms in total. The standard InChI is InChI=1S/C16H19NO4/c1-16(2,19)12-8-10-14(18)9-6-5-7-11(20-4)13(9)17(3)15(10)21-12/h5-7,12,19H,8H2,1-4H3. The number of nitrogens with zero attached hydrogens (tertiary/aromatic N) is 1. The molecule has 1 aliphatic rings. The van der Waals surface area contributed by atoms with Gasteiger partial charge in [0.2, 0.25) is 5.88 Å². The highest BCUT2D eigenvalue weighted by Gasteiger charge is 2.38. The van der Waals surface area contributed by atoms with E-state index in [1.54, 1.807) is 33.1 Å². The minimum atomic E-state index is -1.01. The number of aromatic nitrogens is 1. The zero-order chi connectivity index (χ0) is 15.4. The summed E-state index contributed by atoms with van der Waals surface area (Å²) in [5.41, 5.74) is 0.267. The second-order valence-corrected chi connectivity index (χ2v) is 5.99. The van der Waals surface area contributed by atoms with Gasteiger partial charge >= 0.3 is 0 Å². The fraction of sp³-hybridized carbons (Fsp3) is 0.438. The number of para-hydroxylation sites is 1. The Kier molecular flexibility index (Phi) is 2.99. The lowest BCUT2D eigenvalue weighted by atomic mass is 9.97. The van der Waals surface area contributed by atoms with Crippen LogP contribution in [-0.2, 0) is 13.5 Å². The number of ether oxygens (including phenoxy) is 2. The Bertz CT molecular complexity index is 770. The van der Waals surface area contributed by atoms with Gasteiger partial charge in [0, 0.05) is 18.9 Å². The van der Waals surface area contributed by atoms with E-state index in [0.29, 0.717) is 34.5 Å². The number of methoxy groups -OCH3 is 1. The summed E-state index contributed by atoms with van der Waals surface area (Å²) in [5, 5.41) is 10.8. The van der Waals surface area contributed by atoms with Gasteiger partial charge in [-0.05, 0) is 26.0 Å². The fourth-order valence-corrected chi connectivity index (χ4v) is 2.87. The zero-order valence-electron chi connectivity index (χ0n) is 12.6. The van der Waals surface area contributed by atoms with E-state index in [4.69, 9.17) is 9.47 Å². The molecule has 0 saturated carbocycles. The summed E-state index contributed by atoms with van der Waals surface area (Å²) in [6, 6.07) is 5.41. The first-order valence-electron chi connectivity index (χ1n) is 6.92. The van der Waals surface area contributed by atoms with Crippen LogP contribution in [0.1, 0.15) is 19.4 Å². The molecule has 0 aliphatic carbocycles. The van der Waals surface area contributed by atoms with Crippen molar-refractivity contribution >= 4 is 10.9 Å². The first kappa shape index (κ1) is 13.9. The molecule has 1 aromatic heterocycles. The number of aliphatic hydroxyl groups is 1. The van der Waals surface area contributed by atoms with Crippen LogP contribution in [0.3, 0.4) is 0 Å². The summed E-state index contributed by atoms with van der Waals surface area (Å²) in [7, 11) is 3.42. The van der Waals surface area contributed by atoms with Crippen LogP contribution in [0, 0.1) is 0 Å². The minimum Gasteiger partial charge on any atom is -0.495 e. The van der Waals surface area contributed by atoms with E-state index in [1.807, 2.05) is 17.7 Å². The van der Waals surface area contributed by atoms with Gasteiger partial charge < -0.3 is 19.1 Å². The van der Waals surface area contributed by atoms with Crippen molar-refractivity contribution in [1.82, 2.24) is 4.57 Å². The molecule has 112 valence electrons. The summed E-state index contributed by atoms with van der Waals surface area (Å²) >= 11 is 0. The zero-order valence-corrected chi connectivity index (χ0v) is 12.6. The molecule has 1 atom stereocenters. The second kappa shape index (κ2) is 4.49. The van der Waals surface area contributed by atoms with Crippen molar-refractivity contribution in [3.8, 4) is 11.6 Å². The molecule has 0 fully saturated rings. The smallest absolute Gasteiger partial charge is 0.201 e. The topological polar surface area (TPSA) is 60.7 Å². The van der Waals surface area contributed by atoms with Crippen molar-refractivity contribution in [2.45, 2.75) is 32.0 Å². The van der Waals surface area contributed by atoms with Crippen LogP contribution in [0.5, 0.6) is 11.6 Å². The average molecular weight is 289 g/mol. The molecule has 5 heteroatoms. The molecule has 1 unspecified atom stereocenters. The van der Waals surface area contributed by atoms with Crippen LogP contribution in [0.2, 0.25) is 0 Å². The van der Waals surface area contributed by atoms with Crippen molar-refractivity contribution in [3.05, 3.63) is 34.0 Å². The van der Waals surface area contributed by atoms with Crippen LogP contribution in [0.4, 0.5) is 0 Å². The molecule has 0 radical (unpaired) electrons. The van der Waals surface area contributed by atoms with E-state index in [2.05, 4.69) is 0 Å². The molecule has 0 amide bonds. The Morgan fingerprint density at radius 1 is 1.43 bits per heavy atom. The van der Waals surface area contributed by atoms with Crippen molar-refractivity contribution in [2.75, 3.05) is 7.11 Å². The molecule has 0 bridgehead atoms. The molecular formula is C16H19NO4. The van der Waals surface area contributed by atoms with Gasteiger partial charge in [-0.3, -0.25) is 4.79 Å². The average Bonchev–Trinajstić information content (AvgIpc) is 2.89. The van der Waals surface area contributed by atoms with Crippen LogP contribution in [0.25, 0.3) is 10.9 Å². The molecule has 1 aromatic carbocycles. The van der Waals surface area contributed by atoms with Gasteiger partial charge in [-0.2, -0.15) is 0 Å². The monoisotopic (exact) mass is 289 g/mol. The summed E-state index contributed by atoms with van der Waals surface area (Å²) in [6.07, 6.45) is -0.00670. The third-order valence-electron chi connectivity index (χ3n) is 4.07. The molecule has 2 heterocycles. The molecular weight excluding hydrogens is 270 g/mol. The van der Waals surface area contributed by atoms with Gasteiger partial charge in [-0.15, -0.1) is 0 Å². The highest BCUT2D eigenvalue weighted by atomic mass is 16.5. The van der Waals surface area contributed by atoms with Gasteiger partial charge in [0.25, 0.3) is 0 Å². The van der Waals surface area contributed by atoms with Crippen molar-refractivity contribution in [3.63, 3.8) is 0 Å². The van der Waals surface area contributed by atoms with Crippen LogP contribution in [0.15, 0.2) is 23.0 Å². The largest absolute Gasteiger partial charge is 0.495 e. The Balaban J connectivity index is 2.30. The lowest BCUT2D eigenvalue weighted by Gasteiger charge is -2.24. The number of fused-ring (bicyclic) bond motifs is 2. The van der Waals surface area contributed by atoms with Gasteiger partial charge in [-0.25, -0.2) is 0 Å². The van der Waals surface area contributed by atoms with E-state index in [9.17, 15) is 9.90 Å². The van der Waals surface area contributed by atoms with E-state index in [0.717, 1.165) is 0 Å². The lowest BCUT2D eigenvalue weighted by Crippen LogP contribution is -2.39. The number of benzene rings is 1. The third-order valence-corrected chi connectivity index (χ3v) is 4.07. The third kappa shape index (κ3) is 2.00. The highest BCUT2D eigenvalue weighted by Crippen LogP contribution is 2.35. The van der Waals surface area contributed by atoms with E-state index < -0.39 is 11.7 Å². The lowest BCUT2D eigenvalue weighted by molar-refractivity contribution is -0.0252. The maximum atomic E-state index is 12.7. The van der Waals surface area contributed by atoms with Gasteiger partial charge in [0.05, 0.1) is 23.8 Å². The van der Waals surface area contributed by atoms with Crippen LogP contribution < -0.4 is 14.9 Å². The summed E-state index contributed by atoms with van der Waals surface area (Å²) in [5.74, 6) is 1.15. The Morgan fingerprint density at radius 3 is 2.76 bits per heavy atom. The SMILES string of the molecule is COc1cccc2c(=O)c3c(n(C)c12)OC(C(C)(C)O)C3. The Labute approximate surface area is 122 Å². The first-order chi connectivity index (χ1) is 9.84. The summed E-state index contributed by atoms with van der Waals surface area (Å²) in [4.78, 5) is 12.7. The predicted molar refractivity (Wildman–Crippen MR) is 80.2 cm³/mol.